The van der Waals surface area contributed by atoms with Gasteiger partial charge in [0, 0.05) is 12.2 Å². The fourth-order valence-electron chi connectivity index (χ4n) is 1.95. The number of carbonyl (C=O) groups excluding carboxylic acids is 1. The molecular weight excluding hydrogens is 226 g/mol. The van der Waals surface area contributed by atoms with Gasteiger partial charge in [-0.3, -0.25) is 9.78 Å². The van der Waals surface area contributed by atoms with Crippen LogP contribution in [-0.4, -0.2) is 24.0 Å². The number of aromatic nitrogens is 1. The van der Waals surface area contributed by atoms with Gasteiger partial charge in [0.25, 0.3) is 5.91 Å². The van der Waals surface area contributed by atoms with E-state index < -0.39 is 0 Å². The topological polar surface area (TPSA) is 68.0 Å². The minimum atomic E-state index is -0.0459. The van der Waals surface area contributed by atoms with E-state index in [1.54, 1.807) is 0 Å². The molecule has 0 bridgehead atoms. The highest BCUT2D eigenvalue weighted by molar-refractivity contribution is 5.95. The Kier molecular flexibility index (Phi) is 5.78. The predicted octanol–water partition coefficient (Wildman–Crippen LogP) is 1.80. The van der Waals surface area contributed by atoms with Gasteiger partial charge in [-0.15, -0.1) is 0 Å². The number of hydrogen-bond donors (Lipinski definition) is 2. The molecule has 1 aromatic heterocycles. The number of rotatable bonds is 6. The van der Waals surface area contributed by atoms with Crippen LogP contribution in [0.15, 0.2) is 12.1 Å². The van der Waals surface area contributed by atoms with Gasteiger partial charge < -0.3 is 11.1 Å². The second-order valence-electron chi connectivity index (χ2n) is 4.65. The van der Waals surface area contributed by atoms with Crippen molar-refractivity contribution in [1.29, 1.82) is 0 Å². The molecular formula is C14H23N3O. The third-order valence-electron chi connectivity index (χ3n) is 3.17. The fourth-order valence-corrected chi connectivity index (χ4v) is 1.95. The summed E-state index contributed by atoms with van der Waals surface area (Å²) < 4.78 is 0. The molecule has 0 aromatic carbocycles. The molecule has 0 fully saturated rings. The Labute approximate surface area is 109 Å². The third-order valence-corrected chi connectivity index (χ3v) is 3.17. The highest BCUT2D eigenvalue weighted by Crippen LogP contribution is 2.08. The zero-order valence-corrected chi connectivity index (χ0v) is 11.5. The lowest BCUT2D eigenvalue weighted by Gasteiger charge is -2.15. The van der Waals surface area contributed by atoms with E-state index in [0.29, 0.717) is 24.6 Å². The number of nitrogens with one attached hydrogen (secondary N) is 1. The molecule has 1 rings (SSSR count). The second-order valence-corrected chi connectivity index (χ2v) is 4.65. The molecule has 0 spiro atoms. The molecule has 1 atom stereocenters. The van der Waals surface area contributed by atoms with Gasteiger partial charge in [0.15, 0.2) is 0 Å². The van der Waals surface area contributed by atoms with Crippen molar-refractivity contribution >= 4 is 5.91 Å². The van der Waals surface area contributed by atoms with Crippen LogP contribution in [0.2, 0.25) is 0 Å². The normalized spacial score (nSPS) is 12.2. The number of nitrogens with zero attached hydrogens (tertiary/aromatic N) is 1. The monoisotopic (exact) mass is 249 g/mol. The van der Waals surface area contributed by atoms with Gasteiger partial charge in [0.2, 0.25) is 0 Å². The first-order valence-electron chi connectivity index (χ1n) is 6.51. The Balaban J connectivity index is 2.59. The Morgan fingerprint density at radius 3 is 2.72 bits per heavy atom. The first kappa shape index (κ1) is 14.6. The standard InChI is InChI=1S/C14H23N3O/c1-4-12(7-8-15)9-16-14(18)13-6-5-10(2)17-11(13)3/h5-6,12H,4,7-9,15H2,1-3H3,(H,16,18). The molecule has 100 valence electrons. The predicted molar refractivity (Wildman–Crippen MR) is 73.5 cm³/mol. The number of nitrogens with two attached hydrogens (primary N) is 1. The number of hydrogen-bond acceptors (Lipinski definition) is 3. The summed E-state index contributed by atoms with van der Waals surface area (Å²) in [6, 6.07) is 3.69. The molecule has 1 aromatic rings. The summed E-state index contributed by atoms with van der Waals surface area (Å²) in [7, 11) is 0. The Morgan fingerprint density at radius 1 is 1.44 bits per heavy atom. The highest BCUT2D eigenvalue weighted by atomic mass is 16.1. The van der Waals surface area contributed by atoms with Gasteiger partial charge in [-0.05, 0) is 44.9 Å². The van der Waals surface area contributed by atoms with Gasteiger partial charge in [-0.2, -0.15) is 0 Å². The van der Waals surface area contributed by atoms with Crippen molar-refractivity contribution in [2.45, 2.75) is 33.6 Å². The third kappa shape index (κ3) is 4.11. The molecule has 4 heteroatoms. The molecule has 0 saturated heterocycles. The minimum Gasteiger partial charge on any atom is -0.352 e. The van der Waals surface area contributed by atoms with Crippen LogP contribution in [0.1, 0.15) is 41.5 Å². The molecule has 18 heavy (non-hydrogen) atoms. The molecule has 0 saturated carbocycles. The number of pyridine rings is 1. The van der Waals surface area contributed by atoms with Crippen LogP contribution in [0, 0.1) is 19.8 Å². The number of aryl methyl sites for hydroxylation is 2. The molecule has 1 unspecified atom stereocenters. The van der Waals surface area contributed by atoms with Crippen LogP contribution in [-0.2, 0) is 0 Å². The van der Waals surface area contributed by atoms with E-state index >= 15 is 0 Å². The van der Waals surface area contributed by atoms with Gasteiger partial charge in [-0.1, -0.05) is 13.3 Å². The van der Waals surface area contributed by atoms with Crippen molar-refractivity contribution in [1.82, 2.24) is 10.3 Å². The summed E-state index contributed by atoms with van der Waals surface area (Å²) in [6.07, 6.45) is 1.98. The fraction of sp³-hybridized carbons (Fsp3) is 0.571. The van der Waals surface area contributed by atoms with Crippen molar-refractivity contribution in [3.63, 3.8) is 0 Å². The lowest BCUT2D eigenvalue weighted by molar-refractivity contribution is 0.0945. The van der Waals surface area contributed by atoms with Crippen LogP contribution in [0.4, 0.5) is 0 Å². The summed E-state index contributed by atoms with van der Waals surface area (Å²) in [6.45, 7) is 7.24. The number of carbonyl (C=O) groups is 1. The van der Waals surface area contributed by atoms with E-state index in [-0.39, 0.29) is 5.91 Å². The van der Waals surface area contributed by atoms with Crippen molar-refractivity contribution in [2.75, 3.05) is 13.1 Å². The Morgan fingerprint density at radius 2 is 2.17 bits per heavy atom. The van der Waals surface area contributed by atoms with E-state index in [4.69, 9.17) is 5.73 Å². The zero-order valence-electron chi connectivity index (χ0n) is 11.5. The first-order valence-corrected chi connectivity index (χ1v) is 6.51. The minimum absolute atomic E-state index is 0.0459. The van der Waals surface area contributed by atoms with Gasteiger partial charge in [0.1, 0.15) is 0 Å². The maximum atomic E-state index is 12.0. The lowest BCUT2D eigenvalue weighted by Crippen LogP contribution is -2.30. The Hall–Kier alpha value is -1.42. The quantitative estimate of drug-likeness (QED) is 0.808. The van der Waals surface area contributed by atoms with Crippen LogP contribution >= 0.6 is 0 Å². The molecule has 4 nitrogen and oxygen atoms in total. The molecule has 1 heterocycles. The number of amides is 1. The molecule has 3 N–H and O–H groups in total. The summed E-state index contributed by atoms with van der Waals surface area (Å²) >= 11 is 0. The van der Waals surface area contributed by atoms with Crippen LogP contribution < -0.4 is 11.1 Å². The van der Waals surface area contributed by atoms with Crippen LogP contribution in [0.5, 0.6) is 0 Å². The summed E-state index contributed by atoms with van der Waals surface area (Å²) in [5.74, 6) is 0.410. The van der Waals surface area contributed by atoms with Gasteiger partial charge >= 0.3 is 0 Å². The van der Waals surface area contributed by atoms with Crippen LogP contribution in [0.25, 0.3) is 0 Å². The molecule has 0 aliphatic rings. The van der Waals surface area contributed by atoms with Gasteiger partial charge in [0.05, 0.1) is 11.3 Å². The molecule has 1 amide bonds. The average molecular weight is 249 g/mol. The van der Waals surface area contributed by atoms with E-state index in [2.05, 4.69) is 17.2 Å². The molecule has 0 radical (unpaired) electrons. The Bertz CT molecular complexity index is 404. The molecule has 0 aliphatic heterocycles. The van der Waals surface area contributed by atoms with E-state index in [1.165, 1.54) is 0 Å². The van der Waals surface area contributed by atoms with Crippen molar-refractivity contribution in [3.05, 3.63) is 29.1 Å². The maximum Gasteiger partial charge on any atom is 0.253 e. The van der Waals surface area contributed by atoms with Crippen molar-refractivity contribution < 1.29 is 4.79 Å². The maximum absolute atomic E-state index is 12.0. The lowest BCUT2D eigenvalue weighted by atomic mass is 10.0. The first-order chi connectivity index (χ1) is 8.58. The van der Waals surface area contributed by atoms with E-state index in [1.807, 2.05) is 26.0 Å². The SMILES string of the molecule is CCC(CCN)CNC(=O)c1ccc(C)nc1C. The van der Waals surface area contributed by atoms with Crippen molar-refractivity contribution in [2.24, 2.45) is 11.7 Å². The van der Waals surface area contributed by atoms with Crippen molar-refractivity contribution in [3.8, 4) is 0 Å². The zero-order chi connectivity index (χ0) is 13.5. The summed E-state index contributed by atoms with van der Waals surface area (Å²) in [4.78, 5) is 16.3. The van der Waals surface area contributed by atoms with E-state index in [0.717, 1.165) is 24.2 Å². The van der Waals surface area contributed by atoms with Crippen LogP contribution in [0.3, 0.4) is 0 Å². The van der Waals surface area contributed by atoms with E-state index in [9.17, 15) is 4.79 Å². The smallest absolute Gasteiger partial charge is 0.253 e. The second kappa shape index (κ2) is 7.11. The average Bonchev–Trinajstić information content (AvgIpc) is 2.34. The summed E-state index contributed by atoms with van der Waals surface area (Å²) in [5, 5.41) is 2.96. The van der Waals surface area contributed by atoms with Gasteiger partial charge in [-0.25, -0.2) is 0 Å². The summed E-state index contributed by atoms with van der Waals surface area (Å²) in [5.41, 5.74) is 7.90. The highest BCUT2D eigenvalue weighted by Gasteiger charge is 2.12. The largest absolute Gasteiger partial charge is 0.352 e. The molecule has 0 aliphatic carbocycles.